The largest absolute Gasteiger partial charge is 0.469 e. The number of carbonyl (C=O) groups excluding carboxylic acids is 3. The zero-order valence-electron chi connectivity index (χ0n) is 15.3. The number of para-hydroxylation sites is 2. The van der Waals surface area contributed by atoms with Crippen LogP contribution in [0.2, 0.25) is 0 Å². The predicted molar refractivity (Wildman–Crippen MR) is 96.9 cm³/mol. The van der Waals surface area contributed by atoms with Crippen LogP contribution in [0.3, 0.4) is 0 Å². The van der Waals surface area contributed by atoms with Crippen LogP contribution in [0.4, 0.5) is 11.4 Å². The fraction of sp³-hybridized carbons (Fsp3) is 0.526. The van der Waals surface area contributed by atoms with Gasteiger partial charge in [0.15, 0.2) is 6.54 Å². The molecule has 26 heavy (non-hydrogen) atoms. The fourth-order valence-corrected chi connectivity index (χ4v) is 3.87. The number of esters is 1. The van der Waals surface area contributed by atoms with Crippen LogP contribution in [-0.2, 0) is 19.1 Å². The number of amides is 2. The van der Waals surface area contributed by atoms with E-state index in [9.17, 15) is 14.4 Å². The van der Waals surface area contributed by atoms with Gasteiger partial charge in [0.05, 0.1) is 37.5 Å². The number of likely N-dealkylation sites (tertiary alicyclic amines) is 1. The first-order chi connectivity index (χ1) is 12.5. The molecule has 1 aromatic rings. The molecule has 7 heteroatoms. The average Bonchev–Trinajstić information content (AvgIpc) is 2.75. The molecular weight excluding hydrogens is 334 g/mol. The molecule has 2 N–H and O–H groups in total. The molecule has 0 spiro atoms. The number of hydrogen-bond donors (Lipinski definition) is 2. The molecular formula is C19H26N3O4+. The van der Waals surface area contributed by atoms with Gasteiger partial charge in [-0.3, -0.25) is 14.4 Å². The zero-order valence-corrected chi connectivity index (χ0v) is 15.3. The molecule has 1 fully saturated rings. The van der Waals surface area contributed by atoms with E-state index in [1.807, 2.05) is 31.2 Å². The van der Waals surface area contributed by atoms with Gasteiger partial charge in [-0.1, -0.05) is 12.1 Å². The van der Waals surface area contributed by atoms with Gasteiger partial charge < -0.3 is 19.9 Å². The SMILES string of the molecule is COC(=O)C1CC[NH+](CC(=O)N2c3ccccc3NC(=O)C[C@H]2C)CC1. The maximum absolute atomic E-state index is 13.0. The van der Waals surface area contributed by atoms with Crippen molar-refractivity contribution >= 4 is 29.2 Å². The molecule has 0 saturated carbocycles. The summed E-state index contributed by atoms with van der Waals surface area (Å²) in [5.41, 5.74) is 1.43. The Morgan fingerprint density at radius 3 is 2.65 bits per heavy atom. The zero-order chi connectivity index (χ0) is 18.7. The van der Waals surface area contributed by atoms with Crippen LogP contribution in [0.5, 0.6) is 0 Å². The molecule has 0 radical (unpaired) electrons. The van der Waals surface area contributed by atoms with Gasteiger partial charge in [0, 0.05) is 25.3 Å². The van der Waals surface area contributed by atoms with E-state index in [2.05, 4.69) is 5.32 Å². The third-order valence-electron chi connectivity index (χ3n) is 5.26. The van der Waals surface area contributed by atoms with E-state index in [0.717, 1.165) is 31.6 Å². The lowest BCUT2D eigenvalue weighted by atomic mass is 9.97. The van der Waals surface area contributed by atoms with Crippen molar-refractivity contribution in [1.82, 2.24) is 0 Å². The summed E-state index contributed by atoms with van der Waals surface area (Å²) >= 11 is 0. The standard InChI is InChI=1S/C19H25N3O4/c1-13-11-17(23)20-15-5-3-4-6-16(15)22(13)18(24)12-21-9-7-14(8-10-21)19(25)26-2/h3-6,13-14H,7-12H2,1-2H3,(H,20,23)/p+1/t13-/m1/s1. The second-order valence-corrected chi connectivity index (χ2v) is 7.11. The Hall–Kier alpha value is -2.41. The lowest BCUT2D eigenvalue weighted by Crippen LogP contribution is -3.14. The van der Waals surface area contributed by atoms with E-state index < -0.39 is 0 Å². The molecule has 3 rings (SSSR count). The summed E-state index contributed by atoms with van der Waals surface area (Å²) in [5.74, 6) is -0.284. The summed E-state index contributed by atoms with van der Waals surface area (Å²) in [5, 5.41) is 2.87. The average molecular weight is 360 g/mol. The van der Waals surface area contributed by atoms with Crippen LogP contribution >= 0.6 is 0 Å². The summed E-state index contributed by atoms with van der Waals surface area (Å²) in [6.07, 6.45) is 1.75. The van der Waals surface area contributed by atoms with Gasteiger partial charge in [0.1, 0.15) is 0 Å². The number of methoxy groups -OCH3 is 1. The van der Waals surface area contributed by atoms with Gasteiger partial charge in [-0.2, -0.15) is 0 Å². The van der Waals surface area contributed by atoms with E-state index in [-0.39, 0.29) is 36.2 Å². The summed E-state index contributed by atoms with van der Waals surface area (Å²) in [7, 11) is 1.42. The number of rotatable bonds is 3. The molecule has 7 nitrogen and oxygen atoms in total. The van der Waals surface area contributed by atoms with Crippen molar-refractivity contribution in [2.75, 3.05) is 37.0 Å². The van der Waals surface area contributed by atoms with Crippen LogP contribution in [0.15, 0.2) is 24.3 Å². The molecule has 1 saturated heterocycles. The van der Waals surface area contributed by atoms with Gasteiger partial charge in [0.2, 0.25) is 5.91 Å². The summed E-state index contributed by atoms with van der Waals surface area (Å²) in [6.45, 7) is 3.80. The molecule has 0 bridgehead atoms. The lowest BCUT2D eigenvalue weighted by Gasteiger charge is -2.32. The number of nitrogens with zero attached hydrogens (tertiary/aromatic N) is 1. The molecule has 2 heterocycles. The molecule has 2 aliphatic heterocycles. The highest BCUT2D eigenvalue weighted by atomic mass is 16.5. The van der Waals surface area contributed by atoms with Crippen LogP contribution in [-0.4, -0.2) is 50.6 Å². The first kappa shape index (κ1) is 18.4. The van der Waals surface area contributed by atoms with Crippen molar-refractivity contribution in [3.63, 3.8) is 0 Å². The van der Waals surface area contributed by atoms with Crippen LogP contribution < -0.4 is 15.1 Å². The number of fused-ring (bicyclic) bond motifs is 1. The molecule has 0 aromatic heterocycles. The number of nitrogens with one attached hydrogen (secondary N) is 2. The molecule has 0 aliphatic carbocycles. The third kappa shape index (κ3) is 3.88. The quantitative estimate of drug-likeness (QED) is 0.756. The van der Waals surface area contributed by atoms with Gasteiger partial charge in [0.25, 0.3) is 5.91 Å². The number of carbonyl (C=O) groups is 3. The maximum atomic E-state index is 13.0. The normalized spacial score (nSPS) is 25.7. The first-order valence-corrected chi connectivity index (χ1v) is 9.12. The number of anilines is 2. The topological polar surface area (TPSA) is 80.2 Å². The van der Waals surface area contributed by atoms with E-state index in [0.29, 0.717) is 12.2 Å². The van der Waals surface area contributed by atoms with Crippen molar-refractivity contribution in [1.29, 1.82) is 0 Å². The molecule has 2 amide bonds. The molecule has 1 atom stereocenters. The van der Waals surface area contributed by atoms with Crippen LogP contribution in [0.1, 0.15) is 26.2 Å². The fourth-order valence-electron chi connectivity index (χ4n) is 3.87. The molecule has 140 valence electrons. The second-order valence-electron chi connectivity index (χ2n) is 7.11. The van der Waals surface area contributed by atoms with Crippen molar-refractivity contribution in [2.24, 2.45) is 5.92 Å². The Bertz CT molecular complexity index is 698. The van der Waals surface area contributed by atoms with E-state index in [1.54, 1.807) is 4.90 Å². The summed E-state index contributed by atoms with van der Waals surface area (Å²) < 4.78 is 4.82. The van der Waals surface area contributed by atoms with Gasteiger partial charge in [-0.05, 0) is 19.1 Å². The van der Waals surface area contributed by atoms with Crippen molar-refractivity contribution < 1.29 is 24.0 Å². The Labute approximate surface area is 153 Å². The van der Waals surface area contributed by atoms with Crippen LogP contribution in [0.25, 0.3) is 0 Å². The minimum absolute atomic E-state index is 0.00738. The number of hydrogen-bond acceptors (Lipinski definition) is 4. The number of piperidine rings is 1. The maximum Gasteiger partial charge on any atom is 0.309 e. The summed E-state index contributed by atoms with van der Waals surface area (Å²) in [6, 6.07) is 7.21. The first-order valence-electron chi connectivity index (χ1n) is 9.12. The highest BCUT2D eigenvalue weighted by molar-refractivity contribution is 6.04. The third-order valence-corrected chi connectivity index (χ3v) is 5.26. The second kappa shape index (κ2) is 7.86. The number of ether oxygens (including phenoxy) is 1. The lowest BCUT2D eigenvalue weighted by molar-refractivity contribution is -0.897. The minimum atomic E-state index is -0.196. The van der Waals surface area contributed by atoms with E-state index in [4.69, 9.17) is 4.74 Å². The van der Waals surface area contributed by atoms with Gasteiger partial charge in [-0.25, -0.2) is 0 Å². The summed E-state index contributed by atoms with van der Waals surface area (Å²) in [4.78, 5) is 39.6. The minimum Gasteiger partial charge on any atom is -0.469 e. The number of quaternary nitrogens is 1. The molecule has 1 aromatic carbocycles. The van der Waals surface area contributed by atoms with Crippen LogP contribution in [0, 0.1) is 5.92 Å². The Morgan fingerprint density at radius 2 is 1.96 bits per heavy atom. The highest BCUT2D eigenvalue weighted by Crippen LogP contribution is 2.31. The monoisotopic (exact) mass is 360 g/mol. The number of benzene rings is 1. The smallest absolute Gasteiger partial charge is 0.309 e. The van der Waals surface area contributed by atoms with E-state index >= 15 is 0 Å². The molecule has 0 unspecified atom stereocenters. The van der Waals surface area contributed by atoms with Gasteiger partial charge in [-0.15, -0.1) is 0 Å². The van der Waals surface area contributed by atoms with E-state index in [1.165, 1.54) is 12.0 Å². The van der Waals surface area contributed by atoms with Crippen molar-refractivity contribution in [3.05, 3.63) is 24.3 Å². The Morgan fingerprint density at radius 1 is 1.27 bits per heavy atom. The Kier molecular flexibility index (Phi) is 5.56. The van der Waals surface area contributed by atoms with Gasteiger partial charge >= 0.3 is 5.97 Å². The highest BCUT2D eigenvalue weighted by Gasteiger charge is 2.34. The van der Waals surface area contributed by atoms with Crippen molar-refractivity contribution in [3.8, 4) is 0 Å². The molecule has 2 aliphatic rings. The predicted octanol–water partition coefficient (Wildman–Crippen LogP) is 0.218. The Balaban J connectivity index is 1.69. The van der Waals surface area contributed by atoms with Crippen molar-refractivity contribution in [2.45, 2.75) is 32.2 Å².